The highest BCUT2D eigenvalue weighted by atomic mass is 31.2. The van der Waals surface area contributed by atoms with E-state index in [-0.39, 0.29) is 6.61 Å². The van der Waals surface area contributed by atoms with Crippen LogP contribution in [-0.2, 0) is 0 Å². The van der Waals surface area contributed by atoms with Crippen LogP contribution in [0.4, 0.5) is 0 Å². The zero-order valence-electron chi connectivity index (χ0n) is 13.2. The van der Waals surface area contributed by atoms with Gasteiger partial charge in [0.25, 0.3) is 0 Å². The van der Waals surface area contributed by atoms with E-state index >= 15 is 0 Å². The normalized spacial score (nSPS) is 11.3. The molecule has 0 unspecified atom stereocenters. The van der Waals surface area contributed by atoms with Gasteiger partial charge in [-0.2, -0.15) is 0 Å². The molecule has 0 bridgehead atoms. The predicted molar refractivity (Wildman–Crippen MR) is 102 cm³/mol. The maximum atomic E-state index is 9.49. The molecule has 0 aliphatic heterocycles. The highest BCUT2D eigenvalue weighted by Crippen LogP contribution is 2.55. The van der Waals surface area contributed by atoms with Crippen LogP contribution in [0.2, 0.25) is 0 Å². The van der Waals surface area contributed by atoms with Gasteiger partial charge in [-0.05, 0) is 36.4 Å². The maximum absolute atomic E-state index is 9.49. The zero-order chi connectivity index (χ0) is 16.0. The van der Waals surface area contributed by atoms with Crippen molar-refractivity contribution in [3.8, 4) is 0 Å². The monoisotopic (exact) mass is 321 g/mol. The van der Waals surface area contributed by atoms with Crippen LogP contribution >= 0.6 is 7.26 Å². The molecule has 0 saturated heterocycles. The lowest BCUT2D eigenvalue weighted by Gasteiger charge is -2.27. The third-order valence-electron chi connectivity index (χ3n) is 4.24. The lowest BCUT2D eigenvalue weighted by atomic mass is 10.4. The first-order chi connectivity index (χ1) is 11.4. The summed E-state index contributed by atoms with van der Waals surface area (Å²) in [6.07, 6.45) is 1.80. The average molecular weight is 321 g/mol. The minimum absolute atomic E-state index is 0.230. The maximum Gasteiger partial charge on any atom is 0.112 e. The van der Waals surface area contributed by atoms with Crippen molar-refractivity contribution < 1.29 is 5.11 Å². The van der Waals surface area contributed by atoms with Crippen LogP contribution < -0.4 is 15.9 Å². The van der Waals surface area contributed by atoms with Crippen molar-refractivity contribution in [3.05, 3.63) is 91.0 Å². The molecule has 0 atom stereocenters. The molecular formula is C21H22OP+. The first kappa shape index (κ1) is 15.9. The standard InChI is InChI=1S/C21H22OP/c22-17-10-18-23(19-11-4-1-5-12-19,20-13-6-2-7-14-20)21-15-8-3-9-16-21/h1-9,11-16,22H,10,17-18H2/q+1. The minimum atomic E-state index is -1.73. The third kappa shape index (κ3) is 3.22. The van der Waals surface area contributed by atoms with Crippen LogP contribution in [-0.4, -0.2) is 17.9 Å². The lowest BCUT2D eigenvalue weighted by Crippen LogP contribution is -2.33. The van der Waals surface area contributed by atoms with Crippen molar-refractivity contribution in [1.82, 2.24) is 0 Å². The number of hydrogen-bond acceptors (Lipinski definition) is 1. The zero-order valence-corrected chi connectivity index (χ0v) is 14.1. The van der Waals surface area contributed by atoms with Crippen molar-refractivity contribution >= 4 is 23.2 Å². The van der Waals surface area contributed by atoms with Gasteiger partial charge in [-0.3, -0.25) is 0 Å². The molecule has 3 aromatic rings. The van der Waals surface area contributed by atoms with E-state index in [0.717, 1.165) is 12.6 Å². The van der Waals surface area contributed by atoms with Gasteiger partial charge in [-0.15, -0.1) is 0 Å². The topological polar surface area (TPSA) is 20.2 Å². The van der Waals surface area contributed by atoms with Gasteiger partial charge in [0.15, 0.2) is 0 Å². The fourth-order valence-corrected chi connectivity index (χ4v) is 7.52. The largest absolute Gasteiger partial charge is 0.396 e. The summed E-state index contributed by atoms with van der Waals surface area (Å²) in [5.41, 5.74) is 0. The van der Waals surface area contributed by atoms with Crippen LogP contribution in [0.15, 0.2) is 91.0 Å². The molecule has 0 amide bonds. The summed E-state index contributed by atoms with van der Waals surface area (Å²) < 4.78 is 0. The Labute approximate surface area is 139 Å². The van der Waals surface area contributed by atoms with Gasteiger partial charge < -0.3 is 5.11 Å². The Morgan fingerprint density at radius 3 is 1.22 bits per heavy atom. The first-order valence-electron chi connectivity index (χ1n) is 8.04. The second kappa shape index (κ2) is 7.55. The summed E-state index contributed by atoms with van der Waals surface area (Å²) in [6, 6.07) is 32.4. The van der Waals surface area contributed by atoms with Crippen molar-refractivity contribution in [3.63, 3.8) is 0 Å². The van der Waals surface area contributed by atoms with E-state index in [4.69, 9.17) is 0 Å². The number of aliphatic hydroxyl groups is 1. The van der Waals surface area contributed by atoms with Gasteiger partial charge in [-0.1, -0.05) is 54.6 Å². The number of rotatable bonds is 6. The molecule has 0 radical (unpaired) electrons. The predicted octanol–water partition coefficient (Wildman–Crippen LogP) is 3.36. The summed E-state index contributed by atoms with van der Waals surface area (Å²) in [5.74, 6) is 0. The van der Waals surface area contributed by atoms with Crippen molar-refractivity contribution in [1.29, 1.82) is 0 Å². The highest BCUT2D eigenvalue weighted by Gasteiger charge is 2.44. The van der Waals surface area contributed by atoms with Crippen molar-refractivity contribution in [2.75, 3.05) is 12.8 Å². The molecule has 0 spiro atoms. The molecule has 0 heterocycles. The van der Waals surface area contributed by atoms with E-state index in [1.54, 1.807) is 0 Å². The minimum Gasteiger partial charge on any atom is -0.396 e. The van der Waals surface area contributed by atoms with E-state index in [9.17, 15) is 5.11 Å². The van der Waals surface area contributed by atoms with Crippen LogP contribution in [0, 0.1) is 0 Å². The highest BCUT2D eigenvalue weighted by molar-refractivity contribution is 7.95. The Hall–Kier alpha value is -1.95. The summed E-state index contributed by atoms with van der Waals surface area (Å²) >= 11 is 0. The second-order valence-corrected chi connectivity index (χ2v) is 9.23. The molecule has 0 aromatic heterocycles. The number of hydrogen-bond donors (Lipinski definition) is 1. The van der Waals surface area contributed by atoms with Gasteiger partial charge in [0.1, 0.15) is 23.2 Å². The van der Waals surface area contributed by atoms with Crippen LogP contribution in [0.3, 0.4) is 0 Å². The van der Waals surface area contributed by atoms with Crippen LogP contribution in [0.5, 0.6) is 0 Å². The van der Waals surface area contributed by atoms with Gasteiger partial charge >= 0.3 is 0 Å². The Bertz CT molecular complexity index is 614. The van der Waals surface area contributed by atoms with E-state index in [1.807, 2.05) is 0 Å². The summed E-state index contributed by atoms with van der Waals surface area (Å²) in [6.45, 7) is 0.230. The molecular weight excluding hydrogens is 299 g/mol. The molecule has 1 N–H and O–H groups in total. The van der Waals surface area contributed by atoms with Crippen LogP contribution in [0.1, 0.15) is 6.42 Å². The average Bonchev–Trinajstić information content (AvgIpc) is 2.65. The fourth-order valence-electron chi connectivity index (χ4n) is 3.19. The second-order valence-electron chi connectivity index (χ2n) is 5.62. The van der Waals surface area contributed by atoms with Crippen molar-refractivity contribution in [2.45, 2.75) is 6.42 Å². The third-order valence-corrected chi connectivity index (χ3v) is 8.77. The van der Waals surface area contributed by atoms with E-state index < -0.39 is 7.26 Å². The molecule has 0 aliphatic carbocycles. The summed E-state index contributed by atoms with van der Waals surface area (Å²) in [5, 5.41) is 13.6. The van der Waals surface area contributed by atoms with E-state index in [1.165, 1.54) is 15.9 Å². The molecule has 3 aromatic carbocycles. The molecule has 0 fully saturated rings. The Balaban J connectivity index is 2.25. The molecule has 23 heavy (non-hydrogen) atoms. The molecule has 0 aliphatic rings. The van der Waals surface area contributed by atoms with Gasteiger partial charge in [0.05, 0.1) is 6.16 Å². The fraction of sp³-hybridized carbons (Fsp3) is 0.143. The summed E-state index contributed by atoms with van der Waals surface area (Å²) in [4.78, 5) is 0. The molecule has 1 nitrogen and oxygen atoms in total. The SMILES string of the molecule is OCCC[P+](c1ccccc1)(c1ccccc1)c1ccccc1. The van der Waals surface area contributed by atoms with Crippen LogP contribution in [0.25, 0.3) is 0 Å². The van der Waals surface area contributed by atoms with E-state index in [0.29, 0.717) is 0 Å². The van der Waals surface area contributed by atoms with Crippen molar-refractivity contribution in [2.24, 2.45) is 0 Å². The Morgan fingerprint density at radius 2 is 0.913 bits per heavy atom. The summed E-state index contributed by atoms with van der Waals surface area (Å²) in [7, 11) is -1.73. The van der Waals surface area contributed by atoms with Gasteiger partial charge in [0, 0.05) is 13.0 Å². The van der Waals surface area contributed by atoms with Gasteiger partial charge in [0.2, 0.25) is 0 Å². The Kier molecular flexibility index (Phi) is 5.23. The smallest absolute Gasteiger partial charge is 0.112 e. The number of aliphatic hydroxyl groups excluding tert-OH is 1. The van der Waals surface area contributed by atoms with Gasteiger partial charge in [-0.25, -0.2) is 0 Å². The lowest BCUT2D eigenvalue weighted by molar-refractivity contribution is 0.296. The van der Waals surface area contributed by atoms with E-state index in [2.05, 4.69) is 91.0 Å². The first-order valence-corrected chi connectivity index (χ1v) is 10.0. The quantitative estimate of drug-likeness (QED) is 0.690. The molecule has 2 heteroatoms. The molecule has 3 rings (SSSR count). The molecule has 116 valence electrons. The number of benzene rings is 3. The Morgan fingerprint density at radius 1 is 0.565 bits per heavy atom. The molecule has 0 saturated carbocycles.